The number of amides is 1. The van der Waals surface area contributed by atoms with Crippen LogP contribution in [-0.4, -0.2) is 32.7 Å². The van der Waals surface area contributed by atoms with Gasteiger partial charge in [0.1, 0.15) is 0 Å². The molecular weight excluding hydrogens is 340 g/mol. The fourth-order valence-electron chi connectivity index (χ4n) is 2.29. The van der Waals surface area contributed by atoms with Gasteiger partial charge >= 0.3 is 0 Å². The molecule has 25 heavy (non-hydrogen) atoms. The first-order valence-electron chi connectivity index (χ1n) is 7.62. The van der Waals surface area contributed by atoms with Crippen molar-refractivity contribution < 1.29 is 4.79 Å². The number of benzene rings is 2. The molecule has 1 amide bonds. The molecule has 0 saturated heterocycles. The van der Waals surface area contributed by atoms with E-state index in [4.69, 9.17) is 5.73 Å². The fourth-order valence-corrected chi connectivity index (χ4v) is 2.29. The largest absolute Gasteiger partial charge is 0.351 e. The molecule has 8 heteroatoms. The summed E-state index contributed by atoms with van der Waals surface area (Å²) in [5.74, 6) is 0.424. The van der Waals surface area contributed by atoms with Gasteiger partial charge < -0.3 is 11.1 Å². The van der Waals surface area contributed by atoms with E-state index in [1.54, 1.807) is 4.80 Å². The Kier molecular flexibility index (Phi) is 6.62. The Bertz CT molecular complexity index is 821. The van der Waals surface area contributed by atoms with E-state index in [1.807, 2.05) is 54.6 Å². The monoisotopic (exact) mass is 358 g/mol. The van der Waals surface area contributed by atoms with Gasteiger partial charge in [-0.2, -0.15) is 4.80 Å². The highest BCUT2D eigenvalue weighted by molar-refractivity contribution is 5.85. The first-order chi connectivity index (χ1) is 11.7. The molecule has 1 heterocycles. The standard InChI is InChI=1S/C17H18N6O.ClH/c18-10-16(24)19-11-13-5-4-6-14(9-13)12-23-21-17(20-22-23)15-7-2-1-3-8-15;/h1-9H,10-12,18H2,(H,19,24);1H. The Morgan fingerprint density at radius 3 is 2.60 bits per heavy atom. The van der Waals surface area contributed by atoms with Crippen LogP contribution in [0.4, 0.5) is 0 Å². The van der Waals surface area contributed by atoms with Crippen LogP contribution in [-0.2, 0) is 17.9 Å². The number of nitrogens with one attached hydrogen (secondary N) is 1. The summed E-state index contributed by atoms with van der Waals surface area (Å²) in [6.45, 7) is 0.952. The van der Waals surface area contributed by atoms with Crippen LogP contribution in [0.15, 0.2) is 54.6 Å². The van der Waals surface area contributed by atoms with E-state index >= 15 is 0 Å². The molecule has 1 aromatic heterocycles. The SMILES string of the molecule is Cl.NCC(=O)NCc1cccc(Cn2nnc(-c3ccccc3)n2)c1. The molecule has 3 N–H and O–H groups in total. The maximum atomic E-state index is 11.2. The van der Waals surface area contributed by atoms with Crippen molar-refractivity contribution in [1.29, 1.82) is 0 Å². The second kappa shape index (κ2) is 8.91. The number of rotatable bonds is 6. The number of nitrogens with two attached hydrogens (primary N) is 1. The van der Waals surface area contributed by atoms with Crippen LogP contribution in [0, 0.1) is 0 Å². The topological polar surface area (TPSA) is 98.7 Å². The predicted molar refractivity (Wildman–Crippen MR) is 96.9 cm³/mol. The maximum absolute atomic E-state index is 11.2. The van der Waals surface area contributed by atoms with Gasteiger partial charge in [-0.3, -0.25) is 4.79 Å². The van der Waals surface area contributed by atoms with Crippen molar-refractivity contribution in [3.05, 3.63) is 65.7 Å². The molecular formula is C17H19ClN6O. The third-order valence-electron chi connectivity index (χ3n) is 3.48. The minimum Gasteiger partial charge on any atom is -0.351 e. The summed E-state index contributed by atoms with van der Waals surface area (Å²) in [7, 11) is 0. The summed E-state index contributed by atoms with van der Waals surface area (Å²) in [6, 6.07) is 17.6. The normalized spacial score (nSPS) is 10.1. The first-order valence-corrected chi connectivity index (χ1v) is 7.62. The number of carbonyl (C=O) groups excluding carboxylic acids is 1. The summed E-state index contributed by atoms with van der Waals surface area (Å²) in [5.41, 5.74) is 8.24. The Morgan fingerprint density at radius 2 is 1.84 bits per heavy atom. The van der Waals surface area contributed by atoms with E-state index in [9.17, 15) is 4.79 Å². The van der Waals surface area contributed by atoms with Gasteiger partial charge in [0.05, 0.1) is 13.1 Å². The zero-order valence-electron chi connectivity index (χ0n) is 13.5. The second-order valence-electron chi connectivity index (χ2n) is 5.31. The van der Waals surface area contributed by atoms with Crippen LogP contribution >= 0.6 is 12.4 Å². The fraction of sp³-hybridized carbons (Fsp3) is 0.176. The molecule has 2 aromatic carbocycles. The van der Waals surface area contributed by atoms with E-state index in [0.29, 0.717) is 18.9 Å². The van der Waals surface area contributed by atoms with Gasteiger partial charge in [-0.05, 0) is 16.3 Å². The number of halogens is 1. The zero-order valence-corrected chi connectivity index (χ0v) is 14.3. The summed E-state index contributed by atoms with van der Waals surface area (Å²) < 4.78 is 0. The van der Waals surface area contributed by atoms with Gasteiger partial charge in [0, 0.05) is 12.1 Å². The van der Waals surface area contributed by atoms with Gasteiger partial charge in [0.2, 0.25) is 11.7 Å². The van der Waals surface area contributed by atoms with E-state index in [1.165, 1.54) is 0 Å². The van der Waals surface area contributed by atoms with Gasteiger partial charge in [-0.25, -0.2) is 0 Å². The highest BCUT2D eigenvalue weighted by atomic mass is 35.5. The molecule has 7 nitrogen and oxygen atoms in total. The van der Waals surface area contributed by atoms with E-state index in [0.717, 1.165) is 16.7 Å². The molecule has 0 unspecified atom stereocenters. The van der Waals surface area contributed by atoms with E-state index < -0.39 is 0 Å². The molecule has 0 atom stereocenters. The van der Waals surface area contributed by atoms with Crippen molar-refractivity contribution in [2.75, 3.05) is 6.54 Å². The summed E-state index contributed by atoms with van der Waals surface area (Å²) in [6.07, 6.45) is 0. The molecule has 0 aliphatic rings. The summed E-state index contributed by atoms with van der Waals surface area (Å²) >= 11 is 0. The van der Waals surface area contributed by atoms with Gasteiger partial charge in [-0.15, -0.1) is 22.6 Å². The van der Waals surface area contributed by atoms with E-state index in [2.05, 4.69) is 20.7 Å². The van der Waals surface area contributed by atoms with Crippen LogP contribution in [0.25, 0.3) is 11.4 Å². The lowest BCUT2D eigenvalue weighted by molar-refractivity contribution is -0.119. The Balaban J connectivity index is 0.00000225. The van der Waals surface area contributed by atoms with Crippen LogP contribution in [0.3, 0.4) is 0 Å². The molecule has 0 bridgehead atoms. The average molecular weight is 359 g/mol. The summed E-state index contributed by atoms with van der Waals surface area (Å²) in [4.78, 5) is 12.8. The lowest BCUT2D eigenvalue weighted by Gasteiger charge is -2.06. The third-order valence-corrected chi connectivity index (χ3v) is 3.48. The highest BCUT2D eigenvalue weighted by Gasteiger charge is 2.06. The van der Waals surface area contributed by atoms with Crippen LogP contribution in [0.1, 0.15) is 11.1 Å². The van der Waals surface area contributed by atoms with Crippen LogP contribution < -0.4 is 11.1 Å². The van der Waals surface area contributed by atoms with Crippen LogP contribution in [0.5, 0.6) is 0 Å². The minimum atomic E-state index is -0.175. The van der Waals surface area contributed by atoms with E-state index in [-0.39, 0.29) is 24.9 Å². The molecule has 0 radical (unpaired) electrons. The molecule has 130 valence electrons. The summed E-state index contributed by atoms with van der Waals surface area (Å²) in [5, 5.41) is 15.3. The molecule has 0 saturated carbocycles. The zero-order chi connectivity index (χ0) is 16.8. The van der Waals surface area contributed by atoms with Crippen molar-refractivity contribution >= 4 is 18.3 Å². The number of tetrazole rings is 1. The number of carbonyl (C=O) groups is 1. The van der Waals surface area contributed by atoms with Gasteiger partial charge in [-0.1, -0.05) is 54.6 Å². The quantitative estimate of drug-likeness (QED) is 0.693. The number of hydrogen-bond donors (Lipinski definition) is 2. The minimum absolute atomic E-state index is 0. The van der Waals surface area contributed by atoms with Crippen molar-refractivity contribution in [1.82, 2.24) is 25.5 Å². The molecule has 0 spiro atoms. The van der Waals surface area contributed by atoms with Crippen LogP contribution in [0.2, 0.25) is 0 Å². The second-order valence-corrected chi connectivity index (χ2v) is 5.31. The Labute approximate surface area is 151 Å². The Hall–Kier alpha value is -2.77. The van der Waals surface area contributed by atoms with Crippen molar-refractivity contribution in [3.63, 3.8) is 0 Å². The lowest BCUT2D eigenvalue weighted by Crippen LogP contribution is -2.29. The maximum Gasteiger partial charge on any atom is 0.234 e. The van der Waals surface area contributed by atoms with Crippen molar-refractivity contribution in [2.24, 2.45) is 5.73 Å². The lowest BCUT2D eigenvalue weighted by atomic mass is 10.1. The predicted octanol–water partition coefficient (Wildman–Crippen LogP) is 1.39. The molecule has 3 aromatic rings. The highest BCUT2D eigenvalue weighted by Crippen LogP contribution is 2.12. The number of hydrogen-bond acceptors (Lipinski definition) is 5. The van der Waals surface area contributed by atoms with Crippen molar-refractivity contribution in [2.45, 2.75) is 13.1 Å². The smallest absolute Gasteiger partial charge is 0.234 e. The third kappa shape index (κ3) is 5.10. The van der Waals surface area contributed by atoms with Gasteiger partial charge in [0.25, 0.3) is 0 Å². The molecule has 0 aliphatic carbocycles. The average Bonchev–Trinajstić information content (AvgIpc) is 3.09. The number of aromatic nitrogens is 4. The number of nitrogens with zero attached hydrogens (tertiary/aromatic N) is 4. The van der Waals surface area contributed by atoms with Gasteiger partial charge in [0.15, 0.2) is 0 Å². The Morgan fingerprint density at radius 1 is 1.08 bits per heavy atom. The molecule has 0 fully saturated rings. The molecule has 0 aliphatic heterocycles. The first kappa shape index (κ1) is 18.6. The molecule has 3 rings (SSSR count). The van der Waals surface area contributed by atoms with Crippen molar-refractivity contribution in [3.8, 4) is 11.4 Å².